The third-order valence-electron chi connectivity index (χ3n) is 3.13. The molecule has 1 unspecified atom stereocenters. The zero-order valence-corrected chi connectivity index (χ0v) is 11.9. The van der Waals surface area contributed by atoms with Gasteiger partial charge in [0.05, 0.1) is 5.60 Å². The van der Waals surface area contributed by atoms with Crippen molar-refractivity contribution in [2.75, 3.05) is 19.7 Å². The number of rotatable bonds is 5. The smallest absolute Gasteiger partial charge is 0.323 e. The Morgan fingerprint density at radius 1 is 1.47 bits per heavy atom. The summed E-state index contributed by atoms with van der Waals surface area (Å²) in [5.74, 6) is -0.990. The first-order chi connectivity index (χ1) is 8.84. The van der Waals surface area contributed by atoms with Gasteiger partial charge in [-0.15, -0.1) is 0 Å². The van der Waals surface area contributed by atoms with E-state index in [2.05, 4.69) is 5.32 Å². The fourth-order valence-corrected chi connectivity index (χ4v) is 2.31. The normalized spacial score (nSPS) is 21.7. The Kier molecular flexibility index (Phi) is 5.60. The number of aliphatic carboxylic acids is 1. The third-order valence-corrected chi connectivity index (χ3v) is 3.13. The molecule has 0 aromatic rings. The van der Waals surface area contributed by atoms with Crippen molar-refractivity contribution in [3.8, 4) is 0 Å². The van der Waals surface area contributed by atoms with Crippen molar-refractivity contribution < 1.29 is 19.4 Å². The van der Waals surface area contributed by atoms with Gasteiger partial charge in [0.2, 0.25) is 0 Å². The Morgan fingerprint density at radius 2 is 2.16 bits per heavy atom. The van der Waals surface area contributed by atoms with Gasteiger partial charge in [-0.25, -0.2) is 4.79 Å². The Bertz CT molecular complexity index is 331. The summed E-state index contributed by atoms with van der Waals surface area (Å²) >= 11 is 0. The number of carboxylic acid groups (broad SMARTS) is 1. The standard InChI is InChI=1S/C13H24N2O4/c1-4-6-15(9-11(16)17)12(18)14-10-5-7-19-13(2,3)8-10/h10H,4-9H2,1-3H3,(H,14,18)(H,16,17). The van der Waals surface area contributed by atoms with E-state index >= 15 is 0 Å². The summed E-state index contributed by atoms with van der Waals surface area (Å²) in [4.78, 5) is 24.1. The molecule has 2 N–H and O–H groups in total. The molecule has 110 valence electrons. The molecule has 2 amide bonds. The van der Waals surface area contributed by atoms with Crippen LogP contribution in [-0.4, -0.2) is 53.3 Å². The predicted octanol–water partition coefficient (Wildman–Crippen LogP) is 1.45. The molecule has 1 rings (SSSR count). The number of carboxylic acids is 1. The average Bonchev–Trinajstić information content (AvgIpc) is 2.26. The lowest BCUT2D eigenvalue weighted by Gasteiger charge is -2.36. The average molecular weight is 272 g/mol. The van der Waals surface area contributed by atoms with Crippen LogP contribution in [0.1, 0.15) is 40.0 Å². The highest BCUT2D eigenvalue weighted by Gasteiger charge is 2.30. The van der Waals surface area contributed by atoms with E-state index in [1.165, 1.54) is 4.90 Å². The topological polar surface area (TPSA) is 78.9 Å². The molecule has 1 fully saturated rings. The number of nitrogens with one attached hydrogen (secondary N) is 1. The molecule has 0 bridgehead atoms. The highest BCUT2D eigenvalue weighted by atomic mass is 16.5. The fraction of sp³-hybridized carbons (Fsp3) is 0.846. The van der Waals surface area contributed by atoms with E-state index in [0.717, 1.165) is 19.3 Å². The quantitative estimate of drug-likeness (QED) is 0.794. The van der Waals surface area contributed by atoms with Gasteiger partial charge in [0.1, 0.15) is 6.54 Å². The van der Waals surface area contributed by atoms with Gasteiger partial charge in [-0.05, 0) is 33.1 Å². The summed E-state index contributed by atoms with van der Waals surface area (Å²) in [7, 11) is 0. The summed E-state index contributed by atoms with van der Waals surface area (Å²) in [6, 6.07) is -0.253. The van der Waals surface area contributed by atoms with Gasteiger partial charge in [0.25, 0.3) is 0 Å². The van der Waals surface area contributed by atoms with Crippen molar-refractivity contribution in [2.45, 2.75) is 51.7 Å². The van der Waals surface area contributed by atoms with Crippen LogP contribution in [0.25, 0.3) is 0 Å². The first-order valence-electron chi connectivity index (χ1n) is 6.75. The summed E-state index contributed by atoms with van der Waals surface area (Å²) < 4.78 is 5.59. The summed E-state index contributed by atoms with van der Waals surface area (Å²) in [6.45, 7) is 6.71. The van der Waals surface area contributed by atoms with Crippen LogP contribution in [0.15, 0.2) is 0 Å². The number of hydrogen-bond acceptors (Lipinski definition) is 3. The highest BCUT2D eigenvalue weighted by molar-refractivity contribution is 5.80. The monoisotopic (exact) mass is 272 g/mol. The van der Waals surface area contributed by atoms with Crippen molar-refractivity contribution in [1.82, 2.24) is 10.2 Å². The summed E-state index contributed by atoms with van der Waals surface area (Å²) in [5.41, 5.74) is -0.238. The molecule has 6 heteroatoms. The van der Waals surface area contributed by atoms with Crippen LogP contribution in [0.3, 0.4) is 0 Å². The number of amides is 2. The van der Waals surface area contributed by atoms with Crippen molar-refractivity contribution in [2.24, 2.45) is 0 Å². The minimum atomic E-state index is -0.990. The molecule has 6 nitrogen and oxygen atoms in total. The lowest BCUT2D eigenvalue weighted by atomic mass is 9.94. The lowest BCUT2D eigenvalue weighted by molar-refractivity contribution is -0.137. The number of ether oxygens (including phenoxy) is 1. The molecule has 1 aliphatic heterocycles. The minimum Gasteiger partial charge on any atom is -0.480 e. The molecule has 1 heterocycles. The van der Waals surface area contributed by atoms with Crippen molar-refractivity contribution in [1.29, 1.82) is 0 Å². The van der Waals surface area contributed by atoms with Crippen LogP contribution in [0.4, 0.5) is 4.79 Å². The van der Waals surface area contributed by atoms with Gasteiger partial charge in [-0.2, -0.15) is 0 Å². The number of carbonyl (C=O) groups excluding carboxylic acids is 1. The Labute approximate surface area is 114 Å². The summed E-state index contributed by atoms with van der Waals surface area (Å²) in [5, 5.41) is 11.7. The van der Waals surface area contributed by atoms with Gasteiger partial charge >= 0.3 is 12.0 Å². The summed E-state index contributed by atoms with van der Waals surface area (Å²) in [6.07, 6.45) is 2.24. The molecule has 0 aromatic heterocycles. The van der Waals surface area contributed by atoms with E-state index in [9.17, 15) is 9.59 Å². The van der Waals surface area contributed by atoms with Crippen LogP contribution < -0.4 is 5.32 Å². The first-order valence-corrected chi connectivity index (χ1v) is 6.75. The molecule has 0 radical (unpaired) electrons. The number of carbonyl (C=O) groups is 2. The SMILES string of the molecule is CCCN(CC(=O)O)C(=O)NC1CCOC(C)(C)C1. The first kappa shape index (κ1) is 15.8. The second-order valence-electron chi connectivity index (χ2n) is 5.56. The molecule has 0 aliphatic carbocycles. The maximum atomic E-state index is 12.1. The minimum absolute atomic E-state index is 0.0457. The highest BCUT2D eigenvalue weighted by Crippen LogP contribution is 2.23. The number of hydrogen-bond donors (Lipinski definition) is 2. The Balaban J connectivity index is 2.53. The largest absolute Gasteiger partial charge is 0.480 e. The Hall–Kier alpha value is -1.30. The Morgan fingerprint density at radius 3 is 2.68 bits per heavy atom. The van der Waals surface area contributed by atoms with Crippen molar-refractivity contribution >= 4 is 12.0 Å². The molecule has 1 aliphatic rings. The molecular weight excluding hydrogens is 248 g/mol. The fourth-order valence-electron chi connectivity index (χ4n) is 2.31. The predicted molar refractivity (Wildman–Crippen MR) is 71.1 cm³/mol. The van der Waals surface area contributed by atoms with Gasteiger partial charge in [-0.3, -0.25) is 4.79 Å². The molecular formula is C13H24N2O4. The number of nitrogens with zero attached hydrogens (tertiary/aromatic N) is 1. The van der Waals surface area contributed by atoms with Gasteiger partial charge in [0, 0.05) is 19.2 Å². The molecule has 19 heavy (non-hydrogen) atoms. The van der Waals surface area contributed by atoms with E-state index in [1.54, 1.807) is 0 Å². The zero-order chi connectivity index (χ0) is 14.5. The van der Waals surface area contributed by atoms with Gasteiger partial charge in [-0.1, -0.05) is 6.92 Å². The van der Waals surface area contributed by atoms with E-state index in [4.69, 9.17) is 9.84 Å². The second-order valence-corrected chi connectivity index (χ2v) is 5.56. The zero-order valence-electron chi connectivity index (χ0n) is 11.9. The van der Waals surface area contributed by atoms with Crippen LogP contribution in [0.2, 0.25) is 0 Å². The van der Waals surface area contributed by atoms with Gasteiger partial charge < -0.3 is 20.1 Å². The molecule has 0 aromatic carbocycles. The lowest BCUT2D eigenvalue weighted by Crippen LogP contribution is -2.51. The molecule has 0 saturated carbocycles. The maximum Gasteiger partial charge on any atom is 0.323 e. The van der Waals surface area contributed by atoms with Crippen LogP contribution >= 0.6 is 0 Å². The molecule has 1 atom stereocenters. The third kappa shape index (κ3) is 5.46. The molecule has 0 spiro atoms. The van der Waals surface area contributed by atoms with E-state index in [-0.39, 0.29) is 24.2 Å². The van der Waals surface area contributed by atoms with Crippen LogP contribution in [-0.2, 0) is 9.53 Å². The van der Waals surface area contributed by atoms with E-state index in [0.29, 0.717) is 13.2 Å². The van der Waals surface area contributed by atoms with Crippen LogP contribution in [0.5, 0.6) is 0 Å². The second kappa shape index (κ2) is 6.75. The number of urea groups is 1. The van der Waals surface area contributed by atoms with Crippen molar-refractivity contribution in [3.63, 3.8) is 0 Å². The van der Waals surface area contributed by atoms with Crippen LogP contribution in [0, 0.1) is 0 Å². The van der Waals surface area contributed by atoms with E-state index in [1.807, 2.05) is 20.8 Å². The maximum absolute atomic E-state index is 12.1. The van der Waals surface area contributed by atoms with Gasteiger partial charge in [0.15, 0.2) is 0 Å². The van der Waals surface area contributed by atoms with E-state index < -0.39 is 5.97 Å². The molecule has 1 saturated heterocycles. The van der Waals surface area contributed by atoms with Crippen molar-refractivity contribution in [3.05, 3.63) is 0 Å².